The van der Waals surface area contributed by atoms with Crippen LogP contribution in [0.3, 0.4) is 0 Å². The van der Waals surface area contributed by atoms with Crippen molar-refractivity contribution < 1.29 is 19.4 Å². The average molecular weight is 348 g/mol. The molecule has 25 heavy (non-hydrogen) atoms. The summed E-state index contributed by atoms with van der Waals surface area (Å²) in [6.45, 7) is 7.65. The Kier molecular flexibility index (Phi) is 5.93. The molecule has 0 aliphatic carbocycles. The second kappa shape index (κ2) is 8.17. The maximum Gasteiger partial charge on any atom is 0.257 e. The Morgan fingerprint density at radius 2 is 2.00 bits per heavy atom. The summed E-state index contributed by atoms with van der Waals surface area (Å²) in [4.78, 5) is 17.2. The molecule has 0 unspecified atom stereocenters. The van der Waals surface area contributed by atoms with Crippen molar-refractivity contribution in [3.63, 3.8) is 0 Å². The fraction of sp³-hybridized carbons (Fsp3) is 0.632. The number of amides is 1. The van der Waals surface area contributed by atoms with E-state index in [0.29, 0.717) is 30.3 Å². The minimum Gasteiger partial charge on any atom is -0.496 e. The zero-order valence-corrected chi connectivity index (χ0v) is 15.1. The Hall–Kier alpha value is -1.63. The van der Waals surface area contributed by atoms with E-state index in [4.69, 9.17) is 9.47 Å². The van der Waals surface area contributed by atoms with Gasteiger partial charge in [0.2, 0.25) is 0 Å². The van der Waals surface area contributed by atoms with Gasteiger partial charge in [0, 0.05) is 45.2 Å². The fourth-order valence-corrected chi connectivity index (χ4v) is 3.79. The molecule has 1 amide bonds. The van der Waals surface area contributed by atoms with Crippen molar-refractivity contribution >= 4 is 5.91 Å². The summed E-state index contributed by atoms with van der Waals surface area (Å²) in [5.74, 6) is 1.02. The third kappa shape index (κ3) is 4.14. The highest BCUT2D eigenvalue weighted by atomic mass is 16.5. The molecule has 0 aromatic heterocycles. The van der Waals surface area contributed by atoms with Crippen LogP contribution in [0.15, 0.2) is 18.2 Å². The number of carbonyl (C=O) groups is 1. The topological polar surface area (TPSA) is 62.2 Å². The van der Waals surface area contributed by atoms with Gasteiger partial charge in [-0.3, -0.25) is 9.69 Å². The van der Waals surface area contributed by atoms with E-state index in [0.717, 1.165) is 38.4 Å². The molecule has 2 heterocycles. The first-order valence-electron chi connectivity index (χ1n) is 8.97. The van der Waals surface area contributed by atoms with Crippen LogP contribution in [0.2, 0.25) is 0 Å². The Labute approximate surface area is 149 Å². The van der Waals surface area contributed by atoms with Crippen LogP contribution >= 0.6 is 0 Å². The second-order valence-electron chi connectivity index (χ2n) is 7.03. The molecule has 6 nitrogen and oxygen atoms in total. The number of aliphatic hydroxyl groups is 1. The first kappa shape index (κ1) is 18.2. The molecule has 138 valence electrons. The zero-order chi connectivity index (χ0) is 17.8. The number of benzene rings is 1. The molecule has 0 saturated carbocycles. The summed E-state index contributed by atoms with van der Waals surface area (Å²) >= 11 is 0. The van der Waals surface area contributed by atoms with Crippen LogP contribution in [-0.2, 0) is 4.74 Å². The molecule has 3 rings (SSSR count). The second-order valence-corrected chi connectivity index (χ2v) is 7.03. The largest absolute Gasteiger partial charge is 0.496 e. The van der Waals surface area contributed by atoms with E-state index in [1.165, 1.54) is 0 Å². The van der Waals surface area contributed by atoms with E-state index in [-0.39, 0.29) is 18.4 Å². The molecule has 2 atom stereocenters. The Balaban J connectivity index is 1.70. The number of morpholine rings is 1. The van der Waals surface area contributed by atoms with E-state index in [9.17, 15) is 9.90 Å². The summed E-state index contributed by atoms with van der Waals surface area (Å²) in [5.41, 5.74) is 1.64. The molecule has 1 aromatic rings. The minimum absolute atomic E-state index is 0.0107. The maximum atomic E-state index is 13.0. The Morgan fingerprint density at radius 1 is 1.28 bits per heavy atom. The SMILES string of the molecule is COc1ccc(C)cc1C(=O)N1C[C@@H](CN2CCOCC2)[C@@H](CO)C1. The molecule has 2 aliphatic rings. The molecule has 2 fully saturated rings. The van der Waals surface area contributed by atoms with Gasteiger partial charge in [0.1, 0.15) is 5.75 Å². The molecule has 6 heteroatoms. The van der Waals surface area contributed by atoms with E-state index >= 15 is 0 Å². The predicted molar refractivity (Wildman–Crippen MR) is 95.0 cm³/mol. The third-order valence-corrected chi connectivity index (χ3v) is 5.28. The fourth-order valence-electron chi connectivity index (χ4n) is 3.79. The van der Waals surface area contributed by atoms with Gasteiger partial charge in [-0.25, -0.2) is 0 Å². The van der Waals surface area contributed by atoms with Gasteiger partial charge in [-0.1, -0.05) is 11.6 Å². The van der Waals surface area contributed by atoms with Crippen molar-refractivity contribution in [1.29, 1.82) is 0 Å². The number of ether oxygens (including phenoxy) is 2. The van der Waals surface area contributed by atoms with Crippen LogP contribution in [0.4, 0.5) is 0 Å². The van der Waals surface area contributed by atoms with Crippen LogP contribution in [0.5, 0.6) is 5.75 Å². The summed E-state index contributed by atoms with van der Waals surface area (Å²) in [6, 6.07) is 5.66. The van der Waals surface area contributed by atoms with Crippen LogP contribution in [0.25, 0.3) is 0 Å². The van der Waals surface area contributed by atoms with Crippen molar-refractivity contribution in [3.05, 3.63) is 29.3 Å². The zero-order valence-electron chi connectivity index (χ0n) is 15.1. The molecular formula is C19H28N2O4. The summed E-state index contributed by atoms with van der Waals surface area (Å²) in [6.07, 6.45) is 0. The first-order chi connectivity index (χ1) is 12.1. The molecule has 2 saturated heterocycles. The van der Waals surface area contributed by atoms with Gasteiger partial charge in [-0.15, -0.1) is 0 Å². The normalized spacial score (nSPS) is 24.5. The van der Waals surface area contributed by atoms with Crippen LogP contribution in [0, 0.1) is 18.8 Å². The highest BCUT2D eigenvalue weighted by Gasteiger charge is 2.36. The first-order valence-corrected chi connectivity index (χ1v) is 8.97. The summed E-state index contributed by atoms with van der Waals surface area (Å²) in [5, 5.41) is 9.78. The maximum absolute atomic E-state index is 13.0. The molecule has 2 aliphatic heterocycles. The van der Waals surface area contributed by atoms with Crippen molar-refractivity contribution in [1.82, 2.24) is 9.80 Å². The van der Waals surface area contributed by atoms with E-state index in [1.807, 2.05) is 30.0 Å². The van der Waals surface area contributed by atoms with Crippen molar-refractivity contribution in [2.24, 2.45) is 11.8 Å². The van der Waals surface area contributed by atoms with Gasteiger partial charge in [0.15, 0.2) is 0 Å². The quantitative estimate of drug-likeness (QED) is 0.861. The van der Waals surface area contributed by atoms with Gasteiger partial charge in [-0.05, 0) is 25.0 Å². The predicted octanol–water partition coefficient (Wildman–Crippen LogP) is 1.02. The molecule has 0 radical (unpaired) electrons. The lowest BCUT2D eigenvalue weighted by Gasteiger charge is -2.30. The van der Waals surface area contributed by atoms with E-state index < -0.39 is 0 Å². The lowest BCUT2D eigenvalue weighted by Crippen LogP contribution is -2.41. The van der Waals surface area contributed by atoms with Gasteiger partial charge in [0.25, 0.3) is 5.91 Å². The third-order valence-electron chi connectivity index (χ3n) is 5.28. The summed E-state index contributed by atoms with van der Waals surface area (Å²) < 4.78 is 10.8. The Morgan fingerprint density at radius 3 is 2.68 bits per heavy atom. The van der Waals surface area contributed by atoms with Crippen LogP contribution < -0.4 is 4.74 Å². The van der Waals surface area contributed by atoms with E-state index in [2.05, 4.69) is 4.90 Å². The highest BCUT2D eigenvalue weighted by molar-refractivity contribution is 5.97. The number of carbonyl (C=O) groups excluding carboxylic acids is 1. The number of methoxy groups -OCH3 is 1. The molecule has 0 spiro atoms. The summed E-state index contributed by atoms with van der Waals surface area (Å²) in [7, 11) is 1.59. The lowest BCUT2D eigenvalue weighted by atomic mass is 9.96. The van der Waals surface area contributed by atoms with E-state index in [1.54, 1.807) is 7.11 Å². The number of aryl methyl sites for hydroxylation is 1. The van der Waals surface area contributed by atoms with Crippen molar-refractivity contribution in [3.8, 4) is 5.75 Å². The molecular weight excluding hydrogens is 320 g/mol. The van der Waals surface area contributed by atoms with Crippen LogP contribution in [-0.4, -0.2) is 80.5 Å². The molecule has 0 bridgehead atoms. The lowest BCUT2D eigenvalue weighted by molar-refractivity contribution is 0.0264. The molecule has 1 N–H and O–H groups in total. The highest BCUT2D eigenvalue weighted by Crippen LogP contribution is 2.28. The van der Waals surface area contributed by atoms with Crippen molar-refractivity contribution in [2.75, 3.05) is 59.7 Å². The number of rotatable bonds is 5. The van der Waals surface area contributed by atoms with Gasteiger partial charge in [0.05, 0.1) is 25.9 Å². The van der Waals surface area contributed by atoms with Gasteiger partial charge >= 0.3 is 0 Å². The van der Waals surface area contributed by atoms with Crippen LogP contribution in [0.1, 0.15) is 15.9 Å². The number of hydrogen-bond acceptors (Lipinski definition) is 5. The number of aliphatic hydroxyl groups excluding tert-OH is 1. The van der Waals surface area contributed by atoms with Crippen molar-refractivity contribution in [2.45, 2.75) is 6.92 Å². The smallest absolute Gasteiger partial charge is 0.257 e. The van der Waals surface area contributed by atoms with Gasteiger partial charge < -0.3 is 19.5 Å². The number of hydrogen-bond donors (Lipinski definition) is 1. The monoisotopic (exact) mass is 348 g/mol. The minimum atomic E-state index is -0.0107. The Bertz CT molecular complexity index is 601. The standard InChI is InChI=1S/C19H28N2O4/c1-14-3-4-18(24-2)17(9-14)19(23)21-11-15(16(12-21)13-22)10-20-5-7-25-8-6-20/h3-4,9,15-16,22H,5-8,10-13H2,1-2H3/t15-,16-/m1/s1. The molecule has 1 aromatic carbocycles. The number of nitrogens with zero attached hydrogens (tertiary/aromatic N) is 2. The number of likely N-dealkylation sites (tertiary alicyclic amines) is 1. The van der Waals surface area contributed by atoms with Gasteiger partial charge in [-0.2, -0.15) is 0 Å². The average Bonchev–Trinajstić information content (AvgIpc) is 3.04.